The van der Waals surface area contributed by atoms with Gasteiger partial charge in [0.25, 0.3) is 0 Å². The molecule has 64 valence electrons. The van der Waals surface area contributed by atoms with Crippen molar-refractivity contribution in [2.45, 2.75) is 0 Å². The Labute approximate surface area is 77.1 Å². The summed E-state index contributed by atoms with van der Waals surface area (Å²) in [5.41, 5.74) is 4.80. The number of carboxylic acids is 1. The van der Waals surface area contributed by atoms with E-state index in [1.54, 1.807) is 0 Å². The summed E-state index contributed by atoms with van der Waals surface area (Å²) in [4.78, 5) is 17.3. The maximum absolute atomic E-state index is 10.4. The first-order valence-corrected chi connectivity index (χ1v) is 3.49. The van der Waals surface area contributed by atoms with Crippen molar-refractivity contribution in [3.05, 3.63) is 16.0 Å². The highest BCUT2D eigenvalue weighted by Gasteiger charge is 2.14. The van der Waals surface area contributed by atoms with Crippen LogP contribution in [0.5, 0.6) is 0 Å². The zero-order valence-electron chi connectivity index (χ0n) is 5.58. The third-order valence-corrected chi connectivity index (χ3v) is 1.58. The van der Waals surface area contributed by atoms with Crippen LogP contribution in [0.2, 0.25) is 10.3 Å². The Balaban J connectivity index is 3.33. The van der Waals surface area contributed by atoms with Gasteiger partial charge >= 0.3 is 5.97 Å². The number of nitrogens with zero attached hydrogens (tertiary/aromatic N) is 2. The second-order valence-electron chi connectivity index (χ2n) is 1.84. The lowest BCUT2D eigenvalue weighted by molar-refractivity contribution is 0.0690. The van der Waals surface area contributed by atoms with Crippen molar-refractivity contribution in [3.63, 3.8) is 0 Å². The molecule has 5 nitrogen and oxygen atoms in total. The first kappa shape index (κ1) is 9.02. The van der Waals surface area contributed by atoms with Crippen LogP contribution in [0.4, 0.5) is 5.82 Å². The SMILES string of the molecule is Nc1nc(Cl)c(C(=O)O)nc1Cl. The Morgan fingerprint density at radius 2 is 1.92 bits per heavy atom. The van der Waals surface area contributed by atoms with Gasteiger partial charge in [-0.1, -0.05) is 23.2 Å². The average molecular weight is 208 g/mol. The van der Waals surface area contributed by atoms with Gasteiger partial charge in [-0.15, -0.1) is 0 Å². The molecule has 0 amide bonds. The number of hydrogen-bond donors (Lipinski definition) is 2. The monoisotopic (exact) mass is 207 g/mol. The summed E-state index contributed by atoms with van der Waals surface area (Å²) in [6.07, 6.45) is 0. The predicted molar refractivity (Wildman–Crippen MR) is 43.4 cm³/mol. The Kier molecular flexibility index (Phi) is 2.35. The Bertz CT molecular complexity index is 342. The lowest BCUT2D eigenvalue weighted by Crippen LogP contribution is -2.05. The number of carbonyl (C=O) groups is 1. The van der Waals surface area contributed by atoms with E-state index in [9.17, 15) is 4.79 Å². The molecule has 0 saturated carbocycles. The van der Waals surface area contributed by atoms with Crippen LogP contribution in [0, 0.1) is 0 Å². The molecule has 0 atom stereocenters. The van der Waals surface area contributed by atoms with Crippen molar-refractivity contribution in [1.82, 2.24) is 9.97 Å². The first-order chi connectivity index (χ1) is 5.52. The molecule has 0 aliphatic rings. The quantitative estimate of drug-likeness (QED) is 0.720. The van der Waals surface area contributed by atoms with Crippen LogP contribution < -0.4 is 5.73 Å². The molecule has 7 heteroatoms. The highest BCUT2D eigenvalue weighted by Crippen LogP contribution is 2.18. The summed E-state index contributed by atoms with van der Waals surface area (Å²) < 4.78 is 0. The number of hydrogen-bond acceptors (Lipinski definition) is 4. The van der Waals surface area contributed by atoms with Crippen LogP contribution in [-0.4, -0.2) is 21.0 Å². The fourth-order valence-electron chi connectivity index (χ4n) is 0.542. The van der Waals surface area contributed by atoms with E-state index in [1.165, 1.54) is 0 Å². The van der Waals surface area contributed by atoms with Gasteiger partial charge < -0.3 is 10.8 Å². The summed E-state index contributed by atoms with van der Waals surface area (Å²) in [6.45, 7) is 0. The van der Waals surface area contributed by atoms with Crippen molar-refractivity contribution in [2.24, 2.45) is 0 Å². The van der Waals surface area contributed by atoms with Gasteiger partial charge in [-0.3, -0.25) is 0 Å². The zero-order chi connectivity index (χ0) is 9.30. The smallest absolute Gasteiger partial charge is 0.357 e. The molecule has 0 saturated heterocycles. The molecule has 3 N–H and O–H groups in total. The molecule has 0 unspecified atom stereocenters. The van der Waals surface area contributed by atoms with Crippen molar-refractivity contribution in [2.75, 3.05) is 5.73 Å². The van der Waals surface area contributed by atoms with E-state index in [0.29, 0.717) is 0 Å². The molecular formula is C5H3Cl2N3O2. The van der Waals surface area contributed by atoms with Crippen molar-refractivity contribution >= 4 is 35.0 Å². The summed E-state index contributed by atoms with van der Waals surface area (Å²) in [6, 6.07) is 0. The number of rotatable bonds is 1. The van der Waals surface area contributed by atoms with E-state index in [2.05, 4.69) is 9.97 Å². The minimum absolute atomic E-state index is 0.0910. The minimum Gasteiger partial charge on any atom is -0.476 e. The van der Waals surface area contributed by atoms with Gasteiger partial charge in [0.2, 0.25) is 0 Å². The lowest BCUT2D eigenvalue weighted by atomic mass is 10.4. The molecule has 1 aromatic heterocycles. The van der Waals surface area contributed by atoms with E-state index in [-0.39, 0.29) is 16.1 Å². The average Bonchev–Trinajstić information content (AvgIpc) is 1.96. The Morgan fingerprint density at radius 1 is 1.33 bits per heavy atom. The van der Waals surface area contributed by atoms with Crippen LogP contribution in [0.1, 0.15) is 10.5 Å². The summed E-state index contributed by atoms with van der Waals surface area (Å²) in [7, 11) is 0. The van der Waals surface area contributed by atoms with E-state index in [1.807, 2.05) is 0 Å². The van der Waals surface area contributed by atoms with E-state index in [0.717, 1.165) is 0 Å². The van der Waals surface area contributed by atoms with Gasteiger partial charge in [-0.05, 0) is 0 Å². The lowest BCUT2D eigenvalue weighted by Gasteiger charge is -1.99. The van der Waals surface area contributed by atoms with Gasteiger partial charge in [-0.2, -0.15) is 0 Å². The van der Waals surface area contributed by atoms with Gasteiger partial charge in [0, 0.05) is 0 Å². The van der Waals surface area contributed by atoms with E-state index < -0.39 is 11.7 Å². The zero-order valence-corrected chi connectivity index (χ0v) is 7.10. The number of nitrogens with two attached hydrogens (primary N) is 1. The number of aromatic carboxylic acids is 1. The molecule has 0 spiro atoms. The Morgan fingerprint density at radius 3 is 2.42 bits per heavy atom. The molecule has 0 aliphatic heterocycles. The third kappa shape index (κ3) is 1.57. The molecule has 12 heavy (non-hydrogen) atoms. The van der Waals surface area contributed by atoms with Crippen LogP contribution in [-0.2, 0) is 0 Å². The van der Waals surface area contributed by atoms with E-state index >= 15 is 0 Å². The second-order valence-corrected chi connectivity index (χ2v) is 2.56. The summed E-state index contributed by atoms with van der Waals surface area (Å²) >= 11 is 10.8. The van der Waals surface area contributed by atoms with Crippen molar-refractivity contribution < 1.29 is 9.90 Å². The van der Waals surface area contributed by atoms with Crippen LogP contribution >= 0.6 is 23.2 Å². The normalized spacial score (nSPS) is 9.83. The minimum atomic E-state index is -1.30. The number of carboxylic acid groups (broad SMARTS) is 1. The van der Waals surface area contributed by atoms with Crippen LogP contribution in [0.25, 0.3) is 0 Å². The molecule has 1 rings (SSSR count). The maximum Gasteiger partial charge on any atom is 0.357 e. The summed E-state index contributed by atoms with van der Waals surface area (Å²) in [5, 5.41) is 8.05. The van der Waals surface area contributed by atoms with Gasteiger partial charge in [0.1, 0.15) is 0 Å². The molecule has 0 aliphatic carbocycles. The van der Waals surface area contributed by atoms with Crippen LogP contribution in [0.3, 0.4) is 0 Å². The Hall–Kier alpha value is -1.07. The second kappa shape index (κ2) is 3.12. The highest BCUT2D eigenvalue weighted by atomic mass is 35.5. The number of anilines is 1. The number of aromatic nitrogens is 2. The first-order valence-electron chi connectivity index (χ1n) is 2.74. The molecule has 1 aromatic rings. The molecular weight excluding hydrogens is 205 g/mol. The van der Waals surface area contributed by atoms with Gasteiger partial charge in [-0.25, -0.2) is 14.8 Å². The standard InChI is InChI=1S/C5H3Cl2N3O2/c6-2-1(5(11)12)9-3(7)4(8)10-2/h(H2,8,10)(H,11,12). The third-order valence-electron chi connectivity index (χ3n) is 1.04. The predicted octanol–water partition coefficient (Wildman–Crippen LogP) is 1.06. The molecule has 1 heterocycles. The molecule has 0 bridgehead atoms. The summed E-state index contributed by atoms with van der Waals surface area (Å²) in [5.74, 6) is -1.39. The topological polar surface area (TPSA) is 89.1 Å². The molecule has 0 aromatic carbocycles. The van der Waals surface area contributed by atoms with Crippen molar-refractivity contribution in [3.8, 4) is 0 Å². The van der Waals surface area contributed by atoms with Gasteiger partial charge in [0.05, 0.1) is 0 Å². The van der Waals surface area contributed by atoms with Crippen molar-refractivity contribution in [1.29, 1.82) is 0 Å². The fourth-order valence-corrected chi connectivity index (χ4v) is 0.883. The largest absolute Gasteiger partial charge is 0.476 e. The fraction of sp³-hybridized carbons (Fsp3) is 0. The number of halogens is 2. The van der Waals surface area contributed by atoms with Gasteiger partial charge in [0.15, 0.2) is 21.8 Å². The molecule has 0 fully saturated rings. The number of nitrogen functional groups attached to an aromatic ring is 1. The highest BCUT2D eigenvalue weighted by molar-refractivity contribution is 6.34. The molecule has 0 radical (unpaired) electrons. The van der Waals surface area contributed by atoms with E-state index in [4.69, 9.17) is 34.0 Å². The van der Waals surface area contributed by atoms with Crippen LogP contribution in [0.15, 0.2) is 0 Å². The maximum atomic E-state index is 10.4.